The lowest BCUT2D eigenvalue weighted by Gasteiger charge is -2.10. The molecule has 2 heterocycles. The zero-order chi connectivity index (χ0) is 23.9. The summed E-state index contributed by atoms with van der Waals surface area (Å²) < 4.78 is 15.8. The molecule has 0 aliphatic carbocycles. The second kappa shape index (κ2) is 11.0. The van der Waals surface area contributed by atoms with Gasteiger partial charge in [0.2, 0.25) is 0 Å². The SMILES string of the molecule is CCOC(=O)c1c(-c2cccs2)csc1NC(=O)COC(=O)COc1cccc2ccccc12. The smallest absolute Gasteiger partial charge is 0.344 e. The molecule has 0 saturated carbocycles. The van der Waals surface area contributed by atoms with Gasteiger partial charge in [-0.1, -0.05) is 42.5 Å². The highest BCUT2D eigenvalue weighted by Gasteiger charge is 2.23. The second-order valence-electron chi connectivity index (χ2n) is 7.03. The molecule has 0 atom stereocenters. The van der Waals surface area contributed by atoms with Crippen molar-refractivity contribution in [2.24, 2.45) is 0 Å². The number of ether oxygens (including phenoxy) is 3. The number of hydrogen-bond donors (Lipinski definition) is 1. The lowest BCUT2D eigenvalue weighted by Crippen LogP contribution is -2.24. The van der Waals surface area contributed by atoms with E-state index in [0.29, 0.717) is 16.3 Å². The number of anilines is 1. The van der Waals surface area contributed by atoms with Gasteiger partial charge in [-0.25, -0.2) is 9.59 Å². The van der Waals surface area contributed by atoms with E-state index < -0.39 is 24.5 Å². The van der Waals surface area contributed by atoms with Crippen LogP contribution in [-0.2, 0) is 19.1 Å². The second-order valence-corrected chi connectivity index (χ2v) is 8.85. The molecular formula is C25H21NO6S2. The number of amides is 1. The van der Waals surface area contributed by atoms with E-state index in [1.54, 1.807) is 18.4 Å². The molecule has 174 valence electrons. The molecule has 0 aliphatic rings. The minimum atomic E-state index is -0.681. The van der Waals surface area contributed by atoms with Crippen molar-refractivity contribution < 1.29 is 28.6 Å². The van der Waals surface area contributed by atoms with Gasteiger partial charge in [-0.3, -0.25) is 4.79 Å². The van der Waals surface area contributed by atoms with Crippen molar-refractivity contribution in [2.75, 3.05) is 25.1 Å². The summed E-state index contributed by atoms with van der Waals surface area (Å²) in [4.78, 5) is 38.0. The molecule has 7 nitrogen and oxygen atoms in total. The van der Waals surface area contributed by atoms with E-state index in [-0.39, 0.29) is 18.8 Å². The lowest BCUT2D eigenvalue weighted by atomic mass is 10.1. The van der Waals surface area contributed by atoms with Crippen LogP contribution in [0.25, 0.3) is 21.2 Å². The average molecular weight is 496 g/mol. The van der Waals surface area contributed by atoms with Gasteiger partial charge in [0, 0.05) is 21.2 Å². The normalized spacial score (nSPS) is 10.6. The van der Waals surface area contributed by atoms with Crippen LogP contribution in [0.3, 0.4) is 0 Å². The van der Waals surface area contributed by atoms with E-state index in [1.807, 2.05) is 53.9 Å². The van der Waals surface area contributed by atoms with Gasteiger partial charge in [0.25, 0.3) is 5.91 Å². The molecule has 2 aromatic carbocycles. The molecule has 4 aromatic rings. The third-order valence-electron chi connectivity index (χ3n) is 4.77. The number of carbonyl (C=O) groups is 3. The van der Waals surface area contributed by atoms with Crippen LogP contribution < -0.4 is 10.1 Å². The number of fused-ring (bicyclic) bond motifs is 1. The first-order valence-electron chi connectivity index (χ1n) is 10.5. The predicted octanol–water partition coefficient (Wildman–Crippen LogP) is 5.37. The maximum atomic E-state index is 12.5. The number of carbonyl (C=O) groups excluding carboxylic acids is 3. The van der Waals surface area contributed by atoms with Crippen molar-refractivity contribution in [1.82, 2.24) is 0 Å². The highest BCUT2D eigenvalue weighted by Crippen LogP contribution is 2.38. The molecule has 1 amide bonds. The minimum Gasteiger partial charge on any atom is -0.481 e. The molecule has 0 spiro atoms. The number of rotatable bonds is 9. The van der Waals surface area contributed by atoms with E-state index >= 15 is 0 Å². The standard InChI is InChI=1S/C25H21NO6S2/c1-2-30-25(29)23-18(20-11-6-12-33-20)15-34-24(23)26-21(27)13-32-22(28)14-31-19-10-5-8-16-7-3-4-9-17(16)19/h3-12,15H,2,13-14H2,1H3,(H,26,27). The Labute approximate surface area is 203 Å². The Bertz CT molecular complexity index is 1310. The Hall–Kier alpha value is -3.69. The molecular weight excluding hydrogens is 474 g/mol. The summed E-state index contributed by atoms with van der Waals surface area (Å²) in [6.45, 7) is 1.08. The maximum absolute atomic E-state index is 12.5. The van der Waals surface area contributed by atoms with E-state index in [4.69, 9.17) is 14.2 Å². The topological polar surface area (TPSA) is 90.9 Å². The first kappa shape index (κ1) is 23.5. The van der Waals surface area contributed by atoms with Gasteiger partial charge < -0.3 is 19.5 Å². The molecule has 2 aromatic heterocycles. The van der Waals surface area contributed by atoms with Gasteiger partial charge >= 0.3 is 11.9 Å². The molecule has 1 N–H and O–H groups in total. The van der Waals surface area contributed by atoms with Crippen LogP contribution in [0.2, 0.25) is 0 Å². The minimum absolute atomic E-state index is 0.209. The van der Waals surface area contributed by atoms with Crippen LogP contribution in [0.4, 0.5) is 5.00 Å². The van der Waals surface area contributed by atoms with Crippen LogP contribution >= 0.6 is 22.7 Å². The molecule has 0 radical (unpaired) electrons. The Balaban J connectivity index is 1.35. The van der Waals surface area contributed by atoms with Crippen LogP contribution in [0.5, 0.6) is 5.75 Å². The molecule has 0 saturated heterocycles. The molecule has 4 rings (SSSR count). The van der Waals surface area contributed by atoms with Crippen LogP contribution in [-0.4, -0.2) is 37.7 Å². The van der Waals surface area contributed by atoms with Gasteiger partial charge in [-0.15, -0.1) is 22.7 Å². The zero-order valence-electron chi connectivity index (χ0n) is 18.2. The molecule has 0 bridgehead atoms. The Morgan fingerprint density at radius 1 is 0.912 bits per heavy atom. The maximum Gasteiger partial charge on any atom is 0.344 e. The largest absolute Gasteiger partial charge is 0.481 e. The van der Waals surface area contributed by atoms with Gasteiger partial charge in [-0.05, 0) is 29.8 Å². The summed E-state index contributed by atoms with van der Waals surface area (Å²) in [6, 6.07) is 17.0. The first-order valence-corrected chi connectivity index (χ1v) is 12.2. The fraction of sp³-hybridized carbons (Fsp3) is 0.160. The van der Waals surface area contributed by atoms with E-state index in [1.165, 1.54) is 22.7 Å². The summed E-state index contributed by atoms with van der Waals surface area (Å²) in [7, 11) is 0. The highest BCUT2D eigenvalue weighted by atomic mass is 32.1. The number of thiophene rings is 2. The van der Waals surface area contributed by atoms with Crippen molar-refractivity contribution in [1.29, 1.82) is 0 Å². The summed E-state index contributed by atoms with van der Waals surface area (Å²) in [5.74, 6) is -1.22. The first-order chi connectivity index (χ1) is 16.6. The van der Waals surface area contributed by atoms with E-state index in [2.05, 4.69) is 5.32 Å². The molecule has 0 unspecified atom stereocenters. The van der Waals surface area contributed by atoms with Crippen molar-refractivity contribution in [3.63, 3.8) is 0 Å². The highest BCUT2D eigenvalue weighted by molar-refractivity contribution is 7.17. The van der Waals surface area contributed by atoms with Crippen LogP contribution in [0.15, 0.2) is 65.4 Å². The van der Waals surface area contributed by atoms with Crippen molar-refractivity contribution >= 4 is 56.3 Å². The number of benzene rings is 2. The Morgan fingerprint density at radius 3 is 2.53 bits per heavy atom. The fourth-order valence-corrected chi connectivity index (χ4v) is 5.07. The van der Waals surface area contributed by atoms with Gasteiger partial charge in [0.1, 0.15) is 16.3 Å². The molecule has 34 heavy (non-hydrogen) atoms. The van der Waals surface area contributed by atoms with Crippen molar-refractivity contribution in [3.8, 4) is 16.2 Å². The summed E-state index contributed by atoms with van der Waals surface area (Å²) in [5.41, 5.74) is 0.975. The summed E-state index contributed by atoms with van der Waals surface area (Å²) in [5, 5.41) is 8.55. The Morgan fingerprint density at radius 2 is 1.74 bits per heavy atom. The van der Waals surface area contributed by atoms with Crippen LogP contribution in [0, 0.1) is 0 Å². The Kier molecular flexibility index (Phi) is 7.56. The van der Waals surface area contributed by atoms with E-state index in [0.717, 1.165) is 15.6 Å². The number of hydrogen-bond acceptors (Lipinski definition) is 8. The predicted molar refractivity (Wildman–Crippen MR) is 133 cm³/mol. The van der Waals surface area contributed by atoms with Crippen molar-refractivity contribution in [3.05, 3.63) is 70.9 Å². The number of nitrogens with one attached hydrogen (secondary N) is 1. The van der Waals surface area contributed by atoms with E-state index in [9.17, 15) is 14.4 Å². The molecule has 0 aliphatic heterocycles. The third-order valence-corrected chi connectivity index (χ3v) is 6.57. The number of esters is 2. The zero-order valence-corrected chi connectivity index (χ0v) is 19.9. The lowest BCUT2D eigenvalue weighted by molar-refractivity contribution is -0.149. The summed E-state index contributed by atoms with van der Waals surface area (Å²) >= 11 is 2.69. The van der Waals surface area contributed by atoms with Gasteiger partial charge in [-0.2, -0.15) is 0 Å². The van der Waals surface area contributed by atoms with Crippen LogP contribution in [0.1, 0.15) is 17.3 Å². The quantitative estimate of drug-likeness (QED) is 0.314. The fourth-order valence-electron chi connectivity index (χ4n) is 3.28. The monoisotopic (exact) mass is 495 g/mol. The summed E-state index contributed by atoms with van der Waals surface area (Å²) in [6.07, 6.45) is 0. The average Bonchev–Trinajstić information content (AvgIpc) is 3.51. The van der Waals surface area contributed by atoms with Crippen molar-refractivity contribution in [2.45, 2.75) is 6.92 Å². The van der Waals surface area contributed by atoms with Gasteiger partial charge in [0.15, 0.2) is 13.2 Å². The molecule has 9 heteroatoms. The third kappa shape index (κ3) is 5.44. The molecule has 0 fully saturated rings. The van der Waals surface area contributed by atoms with Gasteiger partial charge in [0.05, 0.1) is 6.61 Å².